The molecule has 1 aromatic heterocycles. The number of aromatic nitrogens is 2. The first-order chi connectivity index (χ1) is 5.83. The molecule has 1 heterocycles. The number of rotatable bonds is 1. The zero-order chi connectivity index (χ0) is 8.55. The van der Waals surface area contributed by atoms with E-state index in [1.54, 1.807) is 6.92 Å². The summed E-state index contributed by atoms with van der Waals surface area (Å²) in [5.41, 5.74) is 1.56. The second kappa shape index (κ2) is 2.41. The average molecular weight is 161 g/mol. The third kappa shape index (κ3) is 0.812. The predicted octanol–water partition coefficient (Wildman–Crippen LogP) is 1.87. The fraction of sp³-hybridized carbons (Fsp3) is 0.125. The lowest BCUT2D eigenvalue weighted by molar-refractivity contribution is 0.844. The van der Waals surface area contributed by atoms with Gasteiger partial charge in [-0.1, -0.05) is 12.1 Å². The third-order valence-electron chi connectivity index (χ3n) is 1.78. The first-order valence-corrected chi connectivity index (χ1v) is 3.60. The molecule has 0 unspecified atom stereocenters. The zero-order valence-corrected chi connectivity index (χ0v) is 6.56. The monoisotopic (exact) mass is 161 g/mol. The third-order valence-corrected chi connectivity index (χ3v) is 1.78. The smallest absolute Gasteiger partial charge is 0.131 e. The van der Waals surface area contributed by atoms with E-state index in [1.165, 1.54) is 4.68 Å². The Hall–Kier alpha value is -1.71. The molecule has 0 atom stereocenters. The maximum absolute atomic E-state index is 10.4. The lowest BCUT2D eigenvalue weighted by Gasteiger charge is -1.90. The van der Waals surface area contributed by atoms with E-state index in [2.05, 4.69) is 10.3 Å². The minimum Gasteiger partial charge on any atom is -0.231 e. The molecule has 0 saturated carbocycles. The van der Waals surface area contributed by atoms with Crippen molar-refractivity contribution < 1.29 is 0 Å². The summed E-state index contributed by atoms with van der Waals surface area (Å²) in [5, 5.41) is 2.86. The van der Waals surface area contributed by atoms with Gasteiger partial charge in [-0.25, -0.2) is 4.98 Å². The van der Waals surface area contributed by atoms with E-state index in [1.807, 2.05) is 24.3 Å². The molecule has 0 amide bonds. The first-order valence-electron chi connectivity index (χ1n) is 3.60. The fourth-order valence-corrected chi connectivity index (χ4v) is 1.24. The highest BCUT2D eigenvalue weighted by Crippen LogP contribution is 2.14. The summed E-state index contributed by atoms with van der Waals surface area (Å²) in [4.78, 5) is 14.5. The summed E-state index contributed by atoms with van der Waals surface area (Å²) in [5.74, 6) is 0.617. The van der Waals surface area contributed by atoms with Gasteiger partial charge in [-0.2, -0.15) is 4.68 Å². The molecule has 12 heavy (non-hydrogen) atoms. The van der Waals surface area contributed by atoms with Crippen LogP contribution in [0.25, 0.3) is 11.0 Å². The first kappa shape index (κ1) is 6.97. The molecule has 1 aromatic carbocycles. The minimum atomic E-state index is 0.617. The van der Waals surface area contributed by atoms with Crippen LogP contribution in [0.1, 0.15) is 5.82 Å². The van der Waals surface area contributed by atoms with Crippen LogP contribution in [0.3, 0.4) is 0 Å². The Morgan fingerprint density at radius 1 is 1.42 bits per heavy atom. The van der Waals surface area contributed by atoms with Crippen LogP contribution in [0, 0.1) is 11.8 Å². The molecular formula is C8H7N3O. The van der Waals surface area contributed by atoms with E-state index < -0.39 is 0 Å². The fourth-order valence-electron chi connectivity index (χ4n) is 1.24. The molecule has 2 aromatic rings. The Morgan fingerprint density at radius 2 is 2.17 bits per heavy atom. The van der Waals surface area contributed by atoms with Crippen LogP contribution in [0.15, 0.2) is 29.6 Å². The number of nitrogens with zero attached hydrogens (tertiary/aromatic N) is 3. The summed E-state index contributed by atoms with van der Waals surface area (Å²) in [6.07, 6.45) is 0. The number of benzene rings is 1. The topological polar surface area (TPSA) is 47.2 Å². The Morgan fingerprint density at radius 3 is 2.92 bits per heavy atom. The quantitative estimate of drug-likeness (QED) is 0.599. The molecule has 0 bridgehead atoms. The average Bonchev–Trinajstić information content (AvgIpc) is 2.40. The summed E-state index contributed by atoms with van der Waals surface area (Å²) < 4.78 is 1.29. The number of nitroso groups, excluding NO2 is 1. The molecule has 0 radical (unpaired) electrons. The summed E-state index contributed by atoms with van der Waals surface area (Å²) >= 11 is 0. The second-order valence-corrected chi connectivity index (χ2v) is 2.54. The van der Waals surface area contributed by atoms with E-state index >= 15 is 0 Å². The highest BCUT2D eigenvalue weighted by molar-refractivity contribution is 5.75. The van der Waals surface area contributed by atoms with E-state index in [4.69, 9.17) is 0 Å². The SMILES string of the molecule is Cc1nc2ccccc2n1N=O. The van der Waals surface area contributed by atoms with Crippen LogP contribution in [0.4, 0.5) is 0 Å². The molecule has 4 heteroatoms. The molecule has 0 N–H and O–H groups in total. The predicted molar refractivity (Wildman–Crippen MR) is 45.7 cm³/mol. The van der Waals surface area contributed by atoms with Crippen LogP contribution in [-0.4, -0.2) is 9.66 Å². The number of fused-ring (bicyclic) bond motifs is 1. The summed E-state index contributed by atoms with van der Waals surface area (Å²) in [6.45, 7) is 1.75. The van der Waals surface area contributed by atoms with Crippen LogP contribution >= 0.6 is 0 Å². The van der Waals surface area contributed by atoms with Gasteiger partial charge in [0.2, 0.25) is 0 Å². The van der Waals surface area contributed by atoms with Crippen molar-refractivity contribution in [3.05, 3.63) is 35.0 Å². The Labute approximate surface area is 68.8 Å². The van der Waals surface area contributed by atoms with Gasteiger partial charge in [-0.05, 0) is 19.1 Å². The second-order valence-electron chi connectivity index (χ2n) is 2.54. The van der Waals surface area contributed by atoms with Crippen LogP contribution < -0.4 is 0 Å². The molecule has 0 saturated heterocycles. The maximum atomic E-state index is 10.4. The maximum Gasteiger partial charge on any atom is 0.131 e. The van der Waals surface area contributed by atoms with Crippen molar-refractivity contribution in [1.82, 2.24) is 9.66 Å². The summed E-state index contributed by atoms with van der Waals surface area (Å²) in [7, 11) is 0. The molecule has 0 aliphatic carbocycles. The lowest BCUT2D eigenvalue weighted by Crippen LogP contribution is -1.88. The van der Waals surface area contributed by atoms with Gasteiger partial charge in [0.15, 0.2) is 0 Å². The molecular weight excluding hydrogens is 154 g/mol. The molecule has 0 spiro atoms. The molecule has 0 fully saturated rings. The van der Waals surface area contributed by atoms with Gasteiger partial charge >= 0.3 is 0 Å². The molecule has 0 aliphatic rings. The molecule has 4 nitrogen and oxygen atoms in total. The normalized spacial score (nSPS) is 10.4. The van der Waals surface area contributed by atoms with Gasteiger partial charge in [-0.15, -0.1) is 4.91 Å². The standard InChI is InChI=1S/C8H7N3O/c1-6-9-7-4-2-3-5-8(7)11(6)10-12/h2-5H,1H3. The van der Waals surface area contributed by atoms with E-state index in [9.17, 15) is 4.91 Å². The van der Waals surface area contributed by atoms with Crippen molar-refractivity contribution in [3.63, 3.8) is 0 Å². The van der Waals surface area contributed by atoms with Gasteiger partial charge in [0, 0.05) is 0 Å². The molecule has 0 aliphatic heterocycles. The van der Waals surface area contributed by atoms with Crippen LogP contribution in [0.2, 0.25) is 0 Å². The van der Waals surface area contributed by atoms with Crippen molar-refractivity contribution in [2.75, 3.05) is 0 Å². The van der Waals surface area contributed by atoms with Crippen molar-refractivity contribution in [2.24, 2.45) is 5.29 Å². The number of para-hydroxylation sites is 2. The van der Waals surface area contributed by atoms with Gasteiger partial charge < -0.3 is 0 Å². The molecule has 60 valence electrons. The number of hydrogen-bond acceptors (Lipinski definition) is 3. The van der Waals surface area contributed by atoms with Crippen LogP contribution in [0.5, 0.6) is 0 Å². The summed E-state index contributed by atoms with van der Waals surface area (Å²) in [6, 6.07) is 7.40. The Kier molecular flexibility index (Phi) is 1.40. The van der Waals surface area contributed by atoms with E-state index in [0.717, 1.165) is 11.0 Å². The number of imidazole rings is 1. The van der Waals surface area contributed by atoms with E-state index in [0.29, 0.717) is 5.82 Å². The zero-order valence-electron chi connectivity index (χ0n) is 6.56. The van der Waals surface area contributed by atoms with Gasteiger partial charge in [0.05, 0.1) is 16.3 Å². The lowest BCUT2D eigenvalue weighted by atomic mass is 10.3. The Bertz CT molecular complexity index is 433. The van der Waals surface area contributed by atoms with Gasteiger partial charge in [-0.3, -0.25) is 0 Å². The van der Waals surface area contributed by atoms with Crippen molar-refractivity contribution in [3.8, 4) is 0 Å². The molecule has 2 rings (SSSR count). The van der Waals surface area contributed by atoms with Crippen molar-refractivity contribution in [1.29, 1.82) is 0 Å². The minimum absolute atomic E-state index is 0.617. The largest absolute Gasteiger partial charge is 0.231 e. The van der Waals surface area contributed by atoms with Crippen molar-refractivity contribution in [2.45, 2.75) is 6.92 Å². The number of aryl methyl sites for hydroxylation is 1. The highest BCUT2D eigenvalue weighted by atomic mass is 16.3. The van der Waals surface area contributed by atoms with Crippen molar-refractivity contribution >= 4 is 11.0 Å². The number of hydrogen-bond donors (Lipinski definition) is 0. The van der Waals surface area contributed by atoms with E-state index in [-0.39, 0.29) is 0 Å². The van der Waals surface area contributed by atoms with Crippen LogP contribution in [-0.2, 0) is 0 Å². The Balaban J connectivity index is 2.90. The van der Waals surface area contributed by atoms with Gasteiger partial charge in [0.1, 0.15) is 5.82 Å². The highest BCUT2D eigenvalue weighted by Gasteiger charge is 2.04. The van der Waals surface area contributed by atoms with Gasteiger partial charge in [0.25, 0.3) is 0 Å².